The molecule has 1 aliphatic carbocycles. The third kappa shape index (κ3) is 3.06. The van der Waals surface area contributed by atoms with Crippen LogP contribution in [0.4, 0.5) is 0 Å². The fraction of sp³-hybridized carbons (Fsp3) is 0.474. The fourth-order valence-corrected chi connectivity index (χ4v) is 3.56. The summed E-state index contributed by atoms with van der Waals surface area (Å²) in [5.74, 6) is 1.81. The molecule has 2 heteroatoms. The molecule has 1 saturated carbocycles. The van der Waals surface area contributed by atoms with Crippen molar-refractivity contribution in [1.29, 1.82) is 0 Å². The van der Waals surface area contributed by atoms with Gasteiger partial charge in [-0.2, -0.15) is 0 Å². The van der Waals surface area contributed by atoms with Crippen molar-refractivity contribution < 1.29 is 4.74 Å². The second-order valence-corrected chi connectivity index (χ2v) is 6.19. The van der Waals surface area contributed by atoms with Crippen molar-refractivity contribution in [3.8, 4) is 5.75 Å². The first-order valence-electron chi connectivity index (χ1n) is 8.07. The van der Waals surface area contributed by atoms with Crippen molar-refractivity contribution in [2.45, 2.75) is 45.2 Å². The number of methoxy groups -OCH3 is 1. The Morgan fingerprint density at radius 3 is 2.52 bits per heavy atom. The Labute approximate surface area is 127 Å². The summed E-state index contributed by atoms with van der Waals surface area (Å²) in [7, 11) is 1.74. The lowest BCUT2D eigenvalue weighted by Gasteiger charge is -2.21. The molecule has 2 nitrogen and oxygen atoms in total. The Morgan fingerprint density at radius 1 is 1.10 bits per heavy atom. The maximum absolute atomic E-state index is 5.47. The molecule has 0 bridgehead atoms. The molecule has 2 aromatic carbocycles. The van der Waals surface area contributed by atoms with Crippen molar-refractivity contribution in [2.75, 3.05) is 7.11 Å². The molecule has 0 radical (unpaired) electrons. The summed E-state index contributed by atoms with van der Waals surface area (Å²) in [5, 5.41) is 6.23. The van der Waals surface area contributed by atoms with Crippen molar-refractivity contribution in [3.63, 3.8) is 0 Å². The molecule has 0 aliphatic heterocycles. The Bertz CT molecular complexity index is 602. The fourth-order valence-electron chi connectivity index (χ4n) is 3.56. The van der Waals surface area contributed by atoms with Crippen LogP contribution in [0.3, 0.4) is 0 Å². The van der Waals surface area contributed by atoms with E-state index >= 15 is 0 Å². The van der Waals surface area contributed by atoms with Gasteiger partial charge in [-0.15, -0.1) is 0 Å². The van der Waals surface area contributed by atoms with Gasteiger partial charge in [-0.1, -0.05) is 43.2 Å². The van der Waals surface area contributed by atoms with E-state index in [1.165, 1.54) is 42.0 Å². The molecule has 0 amide bonds. The van der Waals surface area contributed by atoms with Gasteiger partial charge in [0.2, 0.25) is 0 Å². The molecule has 0 heterocycles. The maximum Gasteiger partial charge on any atom is 0.126 e. The Morgan fingerprint density at radius 2 is 1.81 bits per heavy atom. The second kappa shape index (κ2) is 6.48. The highest BCUT2D eigenvalue weighted by Gasteiger charge is 2.21. The number of fused-ring (bicyclic) bond motifs is 1. The van der Waals surface area contributed by atoms with Crippen LogP contribution in [-0.2, 0) is 6.54 Å². The van der Waals surface area contributed by atoms with Gasteiger partial charge in [-0.25, -0.2) is 0 Å². The number of hydrogen-bond acceptors (Lipinski definition) is 2. The summed E-state index contributed by atoms with van der Waals surface area (Å²) in [4.78, 5) is 0. The third-order valence-electron chi connectivity index (χ3n) is 4.92. The Balaban J connectivity index is 1.77. The quantitative estimate of drug-likeness (QED) is 0.871. The van der Waals surface area contributed by atoms with E-state index in [1.807, 2.05) is 0 Å². The molecule has 0 unspecified atom stereocenters. The number of ether oxygens (including phenoxy) is 1. The highest BCUT2D eigenvalue weighted by atomic mass is 16.5. The standard InChI is InChI=1S/C19H25NO/c1-14(15-7-3-4-8-15)20-13-16-11-12-19(21-2)18-10-6-5-9-17(16)18/h5-6,9-12,14-15,20H,3-4,7-8,13H2,1-2H3/t14-/m1/s1. The van der Waals surface area contributed by atoms with Gasteiger partial charge in [0.1, 0.15) is 5.75 Å². The molecular formula is C19H25NO. The minimum absolute atomic E-state index is 0.605. The topological polar surface area (TPSA) is 21.3 Å². The zero-order valence-corrected chi connectivity index (χ0v) is 13.1. The molecule has 1 atom stereocenters. The van der Waals surface area contributed by atoms with Crippen LogP contribution in [0.5, 0.6) is 5.75 Å². The molecule has 0 spiro atoms. The van der Waals surface area contributed by atoms with Crippen LogP contribution in [0.25, 0.3) is 10.8 Å². The lowest BCUT2D eigenvalue weighted by atomic mass is 9.98. The van der Waals surface area contributed by atoms with Crippen LogP contribution >= 0.6 is 0 Å². The summed E-state index contributed by atoms with van der Waals surface area (Å²) >= 11 is 0. The molecule has 0 saturated heterocycles. The van der Waals surface area contributed by atoms with E-state index in [2.05, 4.69) is 48.6 Å². The van der Waals surface area contributed by atoms with Crippen LogP contribution in [0.2, 0.25) is 0 Å². The van der Waals surface area contributed by atoms with Crippen molar-refractivity contribution >= 4 is 10.8 Å². The molecule has 112 valence electrons. The largest absolute Gasteiger partial charge is 0.496 e. The highest BCUT2D eigenvalue weighted by molar-refractivity contribution is 5.91. The van der Waals surface area contributed by atoms with Crippen molar-refractivity contribution in [2.24, 2.45) is 5.92 Å². The van der Waals surface area contributed by atoms with E-state index in [-0.39, 0.29) is 0 Å². The number of hydrogen-bond donors (Lipinski definition) is 1. The molecule has 1 aliphatic rings. The zero-order chi connectivity index (χ0) is 14.7. The Kier molecular flexibility index (Phi) is 4.45. The lowest BCUT2D eigenvalue weighted by molar-refractivity contribution is 0.381. The monoisotopic (exact) mass is 283 g/mol. The smallest absolute Gasteiger partial charge is 0.126 e. The maximum atomic E-state index is 5.47. The normalized spacial score (nSPS) is 17.2. The minimum Gasteiger partial charge on any atom is -0.496 e. The first-order chi connectivity index (χ1) is 10.3. The predicted octanol–water partition coefficient (Wildman–Crippen LogP) is 4.52. The first kappa shape index (κ1) is 14.4. The van der Waals surface area contributed by atoms with Gasteiger partial charge in [0.15, 0.2) is 0 Å². The molecule has 1 fully saturated rings. The number of benzene rings is 2. The number of rotatable bonds is 5. The average molecular weight is 283 g/mol. The first-order valence-corrected chi connectivity index (χ1v) is 8.07. The van der Waals surface area contributed by atoms with Gasteiger partial charge in [0.25, 0.3) is 0 Å². The SMILES string of the molecule is COc1ccc(CN[C@H](C)C2CCCC2)c2ccccc12. The van der Waals surface area contributed by atoms with Crippen LogP contribution in [-0.4, -0.2) is 13.2 Å². The average Bonchev–Trinajstić information content (AvgIpc) is 3.06. The van der Waals surface area contributed by atoms with E-state index < -0.39 is 0 Å². The van der Waals surface area contributed by atoms with E-state index in [0.29, 0.717) is 6.04 Å². The van der Waals surface area contributed by atoms with Gasteiger partial charge >= 0.3 is 0 Å². The van der Waals surface area contributed by atoms with Crippen molar-refractivity contribution in [1.82, 2.24) is 5.32 Å². The number of nitrogens with one attached hydrogen (secondary N) is 1. The summed E-state index contributed by atoms with van der Waals surface area (Å²) < 4.78 is 5.47. The predicted molar refractivity (Wildman–Crippen MR) is 88.8 cm³/mol. The van der Waals surface area contributed by atoms with Gasteiger partial charge < -0.3 is 10.1 Å². The zero-order valence-electron chi connectivity index (χ0n) is 13.1. The highest BCUT2D eigenvalue weighted by Crippen LogP contribution is 2.30. The van der Waals surface area contributed by atoms with Crippen molar-refractivity contribution in [3.05, 3.63) is 42.0 Å². The van der Waals surface area contributed by atoms with E-state index in [4.69, 9.17) is 4.74 Å². The summed E-state index contributed by atoms with van der Waals surface area (Å²) in [6.07, 6.45) is 5.58. The van der Waals surface area contributed by atoms with E-state index in [0.717, 1.165) is 18.2 Å². The molecular weight excluding hydrogens is 258 g/mol. The third-order valence-corrected chi connectivity index (χ3v) is 4.92. The van der Waals surface area contributed by atoms with Gasteiger partial charge in [0, 0.05) is 18.0 Å². The van der Waals surface area contributed by atoms with Crippen LogP contribution in [0.1, 0.15) is 38.2 Å². The van der Waals surface area contributed by atoms with Gasteiger partial charge in [-0.05, 0) is 42.7 Å². The molecule has 3 rings (SSSR count). The van der Waals surface area contributed by atoms with E-state index in [9.17, 15) is 0 Å². The summed E-state index contributed by atoms with van der Waals surface area (Å²) in [6.45, 7) is 3.27. The van der Waals surface area contributed by atoms with Crippen LogP contribution in [0, 0.1) is 5.92 Å². The molecule has 2 aromatic rings. The van der Waals surface area contributed by atoms with Gasteiger partial charge in [0.05, 0.1) is 7.11 Å². The van der Waals surface area contributed by atoms with E-state index in [1.54, 1.807) is 7.11 Å². The van der Waals surface area contributed by atoms with Crippen LogP contribution < -0.4 is 10.1 Å². The molecule has 1 N–H and O–H groups in total. The van der Waals surface area contributed by atoms with Crippen LogP contribution in [0.15, 0.2) is 36.4 Å². The lowest BCUT2D eigenvalue weighted by Crippen LogP contribution is -2.31. The van der Waals surface area contributed by atoms with Gasteiger partial charge in [-0.3, -0.25) is 0 Å². The Hall–Kier alpha value is -1.54. The molecule has 0 aromatic heterocycles. The summed E-state index contributed by atoms with van der Waals surface area (Å²) in [6, 6.07) is 13.4. The summed E-state index contributed by atoms with van der Waals surface area (Å²) in [5.41, 5.74) is 1.36. The molecule has 21 heavy (non-hydrogen) atoms. The second-order valence-electron chi connectivity index (χ2n) is 6.19. The minimum atomic E-state index is 0.605.